The van der Waals surface area contributed by atoms with Gasteiger partial charge in [-0.3, -0.25) is 0 Å². The highest BCUT2D eigenvalue weighted by molar-refractivity contribution is 7.00. The Bertz CT molecular complexity index is 3390. The third kappa shape index (κ3) is 6.44. The molecule has 0 saturated carbocycles. The molecule has 2 heterocycles. The third-order valence-electron chi connectivity index (χ3n) is 16.9. The van der Waals surface area contributed by atoms with E-state index in [1.807, 2.05) is 0 Å². The van der Waals surface area contributed by atoms with Crippen molar-refractivity contribution < 1.29 is 0 Å². The van der Waals surface area contributed by atoms with Crippen molar-refractivity contribution in [2.24, 2.45) is 0 Å². The molecular weight excluding hydrogens is 832 g/mol. The van der Waals surface area contributed by atoms with E-state index in [0.29, 0.717) is 0 Å². The van der Waals surface area contributed by atoms with E-state index < -0.39 is 0 Å². The average Bonchev–Trinajstić information content (AvgIpc) is 3.69. The lowest BCUT2D eigenvalue weighted by atomic mass is 9.33. The first-order chi connectivity index (χ1) is 32.6. The van der Waals surface area contributed by atoms with Crippen LogP contribution in [0.15, 0.2) is 151 Å². The molecule has 0 saturated heterocycles. The van der Waals surface area contributed by atoms with Gasteiger partial charge < -0.3 is 9.80 Å². The van der Waals surface area contributed by atoms with Gasteiger partial charge in [-0.15, -0.1) is 0 Å². The molecular formula is C66H67BN2. The summed E-state index contributed by atoms with van der Waals surface area (Å²) in [6.07, 6.45) is 4.69. The molecule has 0 fully saturated rings. The van der Waals surface area contributed by atoms with Crippen LogP contribution in [-0.2, 0) is 27.1 Å². The van der Waals surface area contributed by atoms with Gasteiger partial charge in [-0.1, -0.05) is 193 Å². The minimum atomic E-state index is -0.126. The van der Waals surface area contributed by atoms with E-state index in [1.54, 1.807) is 5.57 Å². The fourth-order valence-electron chi connectivity index (χ4n) is 12.9. The van der Waals surface area contributed by atoms with Gasteiger partial charge in [0.1, 0.15) is 0 Å². The highest BCUT2D eigenvalue weighted by Gasteiger charge is 2.46. The molecule has 7 aromatic rings. The molecule has 0 aromatic heterocycles. The Morgan fingerprint density at radius 2 is 0.942 bits per heavy atom. The van der Waals surface area contributed by atoms with Gasteiger partial charge in [0.2, 0.25) is 0 Å². The minimum Gasteiger partial charge on any atom is -0.311 e. The summed E-state index contributed by atoms with van der Waals surface area (Å²) in [4.78, 5) is 5.27. The largest absolute Gasteiger partial charge is 0.311 e. The predicted molar refractivity (Wildman–Crippen MR) is 298 cm³/mol. The number of hydrogen-bond donors (Lipinski definition) is 0. The van der Waals surface area contributed by atoms with E-state index in [4.69, 9.17) is 0 Å². The number of nitrogens with zero attached hydrogens (tertiary/aromatic N) is 2. The van der Waals surface area contributed by atoms with Gasteiger partial charge in [0.05, 0.1) is 0 Å². The molecule has 0 radical (unpaired) electrons. The summed E-state index contributed by atoms with van der Waals surface area (Å²) in [5.41, 5.74) is 29.4. The van der Waals surface area contributed by atoms with Crippen LogP contribution in [0.2, 0.25) is 0 Å². The fourth-order valence-corrected chi connectivity index (χ4v) is 12.9. The zero-order valence-corrected chi connectivity index (χ0v) is 43.2. The molecule has 0 spiro atoms. The summed E-state index contributed by atoms with van der Waals surface area (Å²) in [7, 11) is 0. The molecule has 0 amide bonds. The first-order valence-corrected chi connectivity index (χ1v) is 25.6. The number of rotatable bonds is 3. The summed E-state index contributed by atoms with van der Waals surface area (Å²) in [6.45, 7) is 30.9. The Morgan fingerprint density at radius 1 is 0.449 bits per heavy atom. The molecule has 2 aliphatic heterocycles. The third-order valence-corrected chi connectivity index (χ3v) is 16.9. The van der Waals surface area contributed by atoms with Crippen LogP contribution in [0.4, 0.5) is 34.1 Å². The van der Waals surface area contributed by atoms with Crippen molar-refractivity contribution in [3.63, 3.8) is 0 Å². The molecule has 3 heteroatoms. The fraction of sp³-hybridized carbons (Fsp3) is 0.303. The van der Waals surface area contributed by atoms with Crippen LogP contribution in [0.25, 0.3) is 22.3 Å². The zero-order chi connectivity index (χ0) is 48.3. The van der Waals surface area contributed by atoms with Gasteiger partial charge in [-0.2, -0.15) is 0 Å². The molecule has 344 valence electrons. The molecule has 69 heavy (non-hydrogen) atoms. The number of benzene rings is 7. The summed E-state index contributed by atoms with van der Waals surface area (Å²) < 4.78 is 0. The van der Waals surface area contributed by atoms with Gasteiger partial charge in [0.25, 0.3) is 6.71 Å². The molecule has 0 unspecified atom stereocenters. The van der Waals surface area contributed by atoms with E-state index in [0.717, 1.165) is 12.8 Å². The Morgan fingerprint density at radius 3 is 1.52 bits per heavy atom. The van der Waals surface area contributed by atoms with E-state index >= 15 is 0 Å². The normalized spacial score (nSPS) is 17.1. The molecule has 0 N–H and O–H groups in total. The van der Waals surface area contributed by atoms with Crippen LogP contribution in [0.5, 0.6) is 0 Å². The Hall–Kier alpha value is -6.32. The van der Waals surface area contributed by atoms with Crippen molar-refractivity contribution in [1.82, 2.24) is 0 Å². The monoisotopic (exact) mass is 899 g/mol. The highest BCUT2D eigenvalue weighted by Crippen LogP contribution is 2.56. The molecule has 3 aliphatic carbocycles. The van der Waals surface area contributed by atoms with Crippen molar-refractivity contribution in [3.8, 4) is 11.1 Å². The number of anilines is 6. The second kappa shape index (κ2) is 14.6. The molecule has 0 atom stereocenters. The van der Waals surface area contributed by atoms with Crippen LogP contribution in [0.3, 0.4) is 0 Å². The van der Waals surface area contributed by atoms with Crippen molar-refractivity contribution in [3.05, 3.63) is 196 Å². The van der Waals surface area contributed by atoms with Crippen molar-refractivity contribution in [1.29, 1.82) is 0 Å². The standard InChI is InChI=1S/C66H67BN2/c1-62(2,3)41-27-33-54-56(35-41)68(44-29-25-40(26-30-44)46-21-18-24-52-60(46)49-20-15-17-23-51(49)65(52,10)11)58-37-43(64(7,8)9)38-59-61(58)67(54)55-34-28-42(63(4,5)6)36-57(55)69(59)45-31-32-48-47-19-14-16-22-50(47)66(12,13)53(48)39-45/h14-17,19-23,25-39H,18,24H2,1-13H3. The Balaban J connectivity index is 1.10. The van der Waals surface area contributed by atoms with E-state index in [1.165, 1.54) is 117 Å². The van der Waals surface area contributed by atoms with Crippen LogP contribution in [0.1, 0.15) is 147 Å². The van der Waals surface area contributed by atoms with Crippen LogP contribution < -0.4 is 26.2 Å². The van der Waals surface area contributed by atoms with E-state index in [-0.39, 0.29) is 33.8 Å². The van der Waals surface area contributed by atoms with E-state index in [9.17, 15) is 0 Å². The summed E-state index contributed by atoms with van der Waals surface area (Å²) in [6, 6.07) is 55.0. The average molecular weight is 899 g/mol. The van der Waals surface area contributed by atoms with Crippen LogP contribution >= 0.6 is 0 Å². The smallest absolute Gasteiger partial charge is 0.252 e. The van der Waals surface area contributed by atoms with Gasteiger partial charge in [0, 0.05) is 45.0 Å². The summed E-state index contributed by atoms with van der Waals surface area (Å²) >= 11 is 0. The maximum absolute atomic E-state index is 2.64. The zero-order valence-electron chi connectivity index (χ0n) is 43.2. The molecule has 7 aromatic carbocycles. The first-order valence-electron chi connectivity index (χ1n) is 25.6. The maximum Gasteiger partial charge on any atom is 0.252 e. The Kier molecular flexibility index (Phi) is 9.30. The predicted octanol–water partition coefficient (Wildman–Crippen LogP) is 15.9. The van der Waals surface area contributed by atoms with Gasteiger partial charge >= 0.3 is 0 Å². The molecule has 12 rings (SSSR count). The highest BCUT2D eigenvalue weighted by atomic mass is 15.2. The second-order valence-electron chi connectivity index (χ2n) is 25.0. The lowest BCUT2D eigenvalue weighted by Crippen LogP contribution is -2.61. The number of fused-ring (bicyclic) bond motifs is 9. The lowest BCUT2D eigenvalue weighted by Gasteiger charge is -2.46. The van der Waals surface area contributed by atoms with Crippen molar-refractivity contribution in [2.45, 2.75) is 130 Å². The lowest BCUT2D eigenvalue weighted by molar-refractivity contribution is 0.590. The molecule has 0 bridgehead atoms. The minimum absolute atomic E-state index is 0.0286. The topological polar surface area (TPSA) is 6.48 Å². The summed E-state index contributed by atoms with van der Waals surface area (Å²) in [5, 5.41) is 0. The second-order valence-corrected chi connectivity index (χ2v) is 25.0. The quantitative estimate of drug-likeness (QED) is 0.163. The summed E-state index contributed by atoms with van der Waals surface area (Å²) in [5.74, 6) is 0. The van der Waals surface area contributed by atoms with Gasteiger partial charge in [0.15, 0.2) is 0 Å². The number of hydrogen-bond acceptors (Lipinski definition) is 2. The van der Waals surface area contributed by atoms with Gasteiger partial charge in [-0.05, 0) is 161 Å². The SMILES string of the molecule is CC(C)(C)c1ccc2c(c1)N(c1ccc(C3=CCCC4=C3c3ccccc3C4(C)C)cc1)c1cc(C(C)(C)C)cc3c1B2c1ccc(C(C)(C)C)cc1N3c1ccc2c(c1)C(C)(C)c1ccccc1-2. The van der Waals surface area contributed by atoms with Gasteiger partial charge in [-0.25, -0.2) is 0 Å². The maximum atomic E-state index is 2.64. The van der Waals surface area contributed by atoms with Crippen LogP contribution in [0, 0.1) is 0 Å². The molecule has 5 aliphatic rings. The van der Waals surface area contributed by atoms with E-state index in [2.05, 4.69) is 245 Å². The van der Waals surface area contributed by atoms with Crippen molar-refractivity contribution in [2.75, 3.05) is 9.80 Å². The van der Waals surface area contributed by atoms with Crippen molar-refractivity contribution >= 4 is 68.4 Å². The van der Waals surface area contributed by atoms with Crippen LogP contribution in [-0.4, -0.2) is 6.71 Å². The first kappa shape index (κ1) is 43.9. The Labute approximate surface area is 412 Å². The molecule has 2 nitrogen and oxygen atoms in total. The number of allylic oxidation sites excluding steroid dienone is 4.